The minimum atomic E-state index is -2.10. The zero-order valence-electron chi connectivity index (χ0n) is 23.6. The lowest BCUT2D eigenvalue weighted by Crippen LogP contribution is -2.61. The van der Waals surface area contributed by atoms with Crippen LogP contribution in [0.4, 0.5) is 5.69 Å². The van der Waals surface area contributed by atoms with E-state index in [2.05, 4.69) is 15.9 Å². The Morgan fingerprint density at radius 3 is 2.39 bits per heavy atom. The van der Waals surface area contributed by atoms with E-state index in [1.807, 2.05) is 48.5 Å². The summed E-state index contributed by atoms with van der Waals surface area (Å²) < 4.78 is 19.0. The molecule has 5 atom stereocenters. The van der Waals surface area contributed by atoms with Gasteiger partial charge in [-0.25, -0.2) is 0 Å². The van der Waals surface area contributed by atoms with Gasteiger partial charge in [-0.05, 0) is 35.4 Å². The summed E-state index contributed by atoms with van der Waals surface area (Å²) in [5, 5.41) is 13.8. The summed E-state index contributed by atoms with van der Waals surface area (Å²) in [6, 6.07) is 30.9. The molecule has 3 aliphatic heterocycles. The zero-order chi connectivity index (χ0) is 30.6. The molecule has 1 amide bonds. The highest BCUT2D eigenvalue weighted by atomic mass is 79.9. The van der Waals surface area contributed by atoms with Crippen LogP contribution in [0.15, 0.2) is 108 Å². The average Bonchev–Trinajstić information content (AvgIpc) is 3.50. The quantitative estimate of drug-likeness (QED) is 0.141. The van der Waals surface area contributed by atoms with Crippen LogP contribution in [0.3, 0.4) is 0 Å². The smallest absolute Gasteiger partial charge is 0.309 e. The molecule has 0 radical (unpaired) electrons. The van der Waals surface area contributed by atoms with Gasteiger partial charge >= 0.3 is 5.97 Å². The molecule has 0 aromatic heterocycles. The van der Waals surface area contributed by atoms with Crippen molar-refractivity contribution < 1.29 is 28.7 Å². The van der Waals surface area contributed by atoms with Crippen LogP contribution in [0, 0.1) is 10.1 Å². The van der Waals surface area contributed by atoms with Crippen molar-refractivity contribution in [1.29, 1.82) is 0 Å². The molecule has 44 heavy (non-hydrogen) atoms. The second kappa shape index (κ2) is 10.6. The highest BCUT2D eigenvalue weighted by molar-refractivity contribution is 9.10. The van der Waals surface area contributed by atoms with Gasteiger partial charge < -0.3 is 19.1 Å². The number of carbonyl (C=O) groups excluding carboxylic acids is 2. The molecular weight excluding hydrogens is 628 g/mol. The number of nitrogens with zero attached hydrogens (tertiary/aromatic N) is 2. The van der Waals surface area contributed by atoms with E-state index in [0.717, 1.165) is 5.56 Å². The van der Waals surface area contributed by atoms with Gasteiger partial charge in [-0.3, -0.25) is 19.7 Å². The van der Waals surface area contributed by atoms with Crippen LogP contribution in [-0.4, -0.2) is 35.6 Å². The Kier molecular flexibility index (Phi) is 6.78. The Hall–Kier alpha value is -4.54. The predicted octanol–water partition coefficient (Wildman–Crippen LogP) is 6.09. The van der Waals surface area contributed by atoms with Crippen molar-refractivity contribution in [2.75, 3.05) is 12.0 Å². The van der Waals surface area contributed by atoms with Crippen LogP contribution >= 0.6 is 15.9 Å². The number of halogens is 1. The number of methoxy groups -OCH3 is 1. The van der Waals surface area contributed by atoms with Gasteiger partial charge in [0.2, 0.25) is 0 Å². The first kappa shape index (κ1) is 28.2. The molecular formula is C34H27BrN2O7. The number of esters is 1. The Morgan fingerprint density at radius 2 is 1.68 bits per heavy atom. The summed E-state index contributed by atoms with van der Waals surface area (Å²) in [5.74, 6) is -1.94. The molecule has 1 spiro atoms. The molecule has 10 heteroatoms. The van der Waals surface area contributed by atoms with Crippen LogP contribution in [-0.2, 0) is 31.2 Å². The SMILES string of the molecule is COC(=O)C[C@H]1Oc2ccc(Br)cc2[C@@H]2O[C@@]3(C(=O)N(Cc4ccccc4)c4ccccc43)[C@@H](c3ccccc3)[C@]12[N+](=O)[O-]. The number of anilines is 1. The van der Waals surface area contributed by atoms with Gasteiger partial charge in [0.05, 0.1) is 25.8 Å². The van der Waals surface area contributed by atoms with E-state index >= 15 is 4.79 Å². The van der Waals surface area contributed by atoms with Crippen molar-refractivity contribution in [3.05, 3.63) is 140 Å². The normalized spacial score (nSPS) is 26.5. The topological polar surface area (TPSA) is 108 Å². The molecule has 1 fully saturated rings. The highest BCUT2D eigenvalue weighted by Crippen LogP contribution is 2.68. The van der Waals surface area contributed by atoms with Gasteiger partial charge in [0.1, 0.15) is 11.7 Å². The molecule has 9 nitrogen and oxygen atoms in total. The maximum Gasteiger partial charge on any atom is 0.309 e. The Balaban J connectivity index is 1.53. The lowest BCUT2D eigenvalue weighted by molar-refractivity contribution is -0.593. The van der Waals surface area contributed by atoms with Crippen LogP contribution in [0.2, 0.25) is 0 Å². The van der Waals surface area contributed by atoms with Gasteiger partial charge in [0.15, 0.2) is 17.8 Å². The second-order valence-electron chi connectivity index (χ2n) is 11.2. The summed E-state index contributed by atoms with van der Waals surface area (Å²) in [7, 11) is 1.23. The average molecular weight is 656 g/mol. The molecule has 0 N–H and O–H groups in total. The van der Waals surface area contributed by atoms with Gasteiger partial charge in [-0.1, -0.05) is 94.8 Å². The number of carbonyl (C=O) groups is 2. The van der Waals surface area contributed by atoms with Crippen LogP contribution in [0.1, 0.15) is 40.7 Å². The van der Waals surface area contributed by atoms with Gasteiger partial charge in [0, 0.05) is 20.5 Å². The van der Waals surface area contributed by atoms with E-state index in [1.54, 1.807) is 59.5 Å². The number of fused-ring (bicyclic) bond motifs is 5. The molecule has 0 saturated carbocycles. The number of rotatable bonds is 6. The highest BCUT2D eigenvalue weighted by Gasteiger charge is 2.82. The number of amides is 1. The lowest BCUT2D eigenvalue weighted by Gasteiger charge is -2.41. The summed E-state index contributed by atoms with van der Waals surface area (Å²) >= 11 is 3.50. The van der Waals surface area contributed by atoms with E-state index in [4.69, 9.17) is 14.2 Å². The maximum absolute atomic E-state index is 15.1. The van der Waals surface area contributed by atoms with E-state index in [-0.39, 0.29) is 6.54 Å². The first-order valence-electron chi connectivity index (χ1n) is 14.2. The molecule has 0 aliphatic carbocycles. The fourth-order valence-corrected chi connectivity index (χ4v) is 7.62. The monoisotopic (exact) mass is 654 g/mol. The minimum absolute atomic E-state index is 0.240. The van der Waals surface area contributed by atoms with E-state index in [1.165, 1.54) is 7.11 Å². The second-order valence-corrected chi connectivity index (χ2v) is 12.1. The number of para-hydroxylation sites is 1. The number of benzene rings is 4. The van der Waals surface area contributed by atoms with E-state index in [0.29, 0.717) is 32.6 Å². The number of hydrogen-bond donors (Lipinski definition) is 0. The predicted molar refractivity (Wildman–Crippen MR) is 164 cm³/mol. The Morgan fingerprint density at radius 1 is 1.00 bits per heavy atom. The number of ether oxygens (including phenoxy) is 3. The molecule has 3 heterocycles. The van der Waals surface area contributed by atoms with E-state index in [9.17, 15) is 14.9 Å². The fourth-order valence-electron chi connectivity index (χ4n) is 7.24. The van der Waals surface area contributed by atoms with Crippen LogP contribution in [0.5, 0.6) is 5.75 Å². The van der Waals surface area contributed by atoms with Crippen molar-refractivity contribution in [3.8, 4) is 5.75 Å². The third kappa shape index (κ3) is 3.94. The van der Waals surface area contributed by atoms with Gasteiger partial charge in [-0.2, -0.15) is 0 Å². The van der Waals surface area contributed by atoms with Crippen molar-refractivity contribution in [2.45, 2.75) is 42.2 Å². The van der Waals surface area contributed by atoms with E-state index < -0.39 is 52.5 Å². The fraction of sp³-hybridized carbons (Fsp3) is 0.235. The summed E-state index contributed by atoms with van der Waals surface area (Å²) in [6.45, 7) is 0.240. The molecule has 7 rings (SSSR count). The molecule has 222 valence electrons. The first-order chi connectivity index (χ1) is 21.3. The Bertz CT molecular complexity index is 1790. The molecule has 0 bridgehead atoms. The van der Waals surface area contributed by atoms with Gasteiger partial charge in [-0.15, -0.1) is 0 Å². The van der Waals surface area contributed by atoms with Crippen LogP contribution < -0.4 is 9.64 Å². The molecule has 0 unspecified atom stereocenters. The summed E-state index contributed by atoms with van der Waals surface area (Å²) in [6.07, 6.45) is -3.00. The largest absolute Gasteiger partial charge is 0.482 e. The lowest BCUT2D eigenvalue weighted by atomic mass is 9.63. The van der Waals surface area contributed by atoms with Crippen LogP contribution in [0.25, 0.3) is 0 Å². The first-order valence-corrected chi connectivity index (χ1v) is 15.0. The molecule has 4 aromatic carbocycles. The third-order valence-electron chi connectivity index (χ3n) is 9.00. The zero-order valence-corrected chi connectivity index (χ0v) is 25.2. The standard InChI is InChI=1S/C34H27BrN2O7/c1-42-29(38)19-28-33(37(40)41)30(22-12-6-3-7-13-22)34(44-31(33)24-18-23(35)16-17-27(24)43-28)25-14-8-9-15-26(25)36(32(34)39)20-21-10-4-2-5-11-21/h2-18,28,30-31H,19-20H2,1H3/t28-,30+,31+,33-,34-/m1/s1. The number of hydrogen-bond acceptors (Lipinski definition) is 7. The third-order valence-corrected chi connectivity index (χ3v) is 9.50. The van der Waals surface area contributed by atoms with Gasteiger partial charge in [0.25, 0.3) is 11.4 Å². The summed E-state index contributed by atoms with van der Waals surface area (Å²) in [5.41, 5.74) is -0.946. The Labute approximate surface area is 261 Å². The van der Waals surface area contributed by atoms with Crippen molar-refractivity contribution in [3.63, 3.8) is 0 Å². The van der Waals surface area contributed by atoms with Crippen molar-refractivity contribution in [1.82, 2.24) is 0 Å². The number of nitro groups is 1. The maximum atomic E-state index is 15.1. The molecule has 1 saturated heterocycles. The van der Waals surface area contributed by atoms with Crippen molar-refractivity contribution >= 4 is 33.5 Å². The summed E-state index contributed by atoms with van der Waals surface area (Å²) in [4.78, 5) is 43.0. The molecule has 3 aliphatic rings. The van der Waals surface area contributed by atoms with Crippen molar-refractivity contribution in [2.24, 2.45) is 0 Å². The minimum Gasteiger partial charge on any atom is -0.482 e. The molecule has 4 aromatic rings.